The zero-order chi connectivity index (χ0) is 15.4. The van der Waals surface area contributed by atoms with Gasteiger partial charge in [-0.1, -0.05) is 0 Å². The number of benzene rings is 1. The van der Waals surface area contributed by atoms with Crippen LogP contribution in [0, 0.1) is 6.92 Å². The van der Waals surface area contributed by atoms with Crippen LogP contribution in [0.25, 0.3) is 0 Å². The lowest BCUT2D eigenvalue weighted by Crippen LogP contribution is -2.25. The van der Waals surface area contributed by atoms with Crippen molar-refractivity contribution in [3.63, 3.8) is 0 Å². The van der Waals surface area contributed by atoms with Crippen molar-refractivity contribution < 1.29 is 4.79 Å². The Balaban J connectivity index is 2.17. The molecule has 0 spiro atoms. The van der Waals surface area contributed by atoms with Gasteiger partial charge in [-0.2, -0.15) is 0 Å². The topological polar surface area (TPSA) is 71.2 Å². The van der Waals surface area contributed by atoms with E-state index in [-0.39, 0.29) is 5.91 Å². The highest BCUT2D eigenvalue weighted by molar-refractivity contribution is 6.00. The Labute approximate surface area is 124 Å². The molecule has 0 unspecified atom stereocenters. The third-order valence-electron chi connectivity index (χ3n) is 3.32. The van der Waals surface area contributed by atoms with Crippen LogP contribution in [0.4, 0.5) is 11.4 Å². The van der Waals surface area contributed by atoms with Gasteiger partial charge in [-0.15, -0.1) is 0 Å². The van der Waals surface area contributed by atoms with Gasteiger partial charge in [0.2, 0.25) is 0 Å². The van der Waals surface area contributed by atoms with Crippen LogP contribution in [0.2, 0.25) is 0 Å². The highest BCUT2D eigenvalue weighted by atomic mass is 16.1. The maximum atomic E-state index is 12.4. The second kappa shape index (κ2) is 6.26. The number of amides is 1. The van der Waals surface area contributed by atoms with Crippen LogP contribution < -0.4 is 16.0 Å². The van der Waals surface area contributed by atoms with E-state index in [1.807, 2.05) is 38.1 Å². The molecule has 3 N–H and O–H groups in total. The molecule has 0 radical (unpaired) electrons. The van der Waals surface area contributed by atoms with Crippen molar-refractivity contribution in [2.24, 2.45) is 0 Å². The van der Waals surface area contributed by atoms with Crippen LogP contribution in [0.1, 0.15) is 21.5 Å². The number of hydrogen-bond acceptors (Lipinski definition) is 4. The quantitative estimate of drug-likeness (QED) is 0.842. The molecule has 110 valence electrons. The normalized spacial score (nSPS) is 10.2. The summed E-state index contributed by atoms with van der Waals surface area (Å²) in [6.07, 6.45) is 3.51. The molecule has 0 aliphatic carbocycles. The molecule has 5 nitrogen and oxygen atoms in total. The van der Waals surface area contributed by atoms with Gasteiger partial charge in [-0.25, -0.2) is 0 Å². The fourth-order valence-electron chi connectivity index (χ4n) is 2.10. The van der Waals surface area contributed by atoms with Crippen LogP contribution in [0.3, 0.4) is 0 Å². The number of pyridine rings is 1. The third kappa shape index (κ3) is 3.51. The maximum Gasteiger partial charge on any atom is 0.253 e. The first-order chi connectivity index (χ1) is 9.99. The van der Waals surface area contributed by atoms with Gasteiger partial charge in [0.25, 0.3) is 5.91 Å². The number of carbonyl (C=O) groups excluding carboxylic acids is 1. The molecule has 0 saturated heterocycles. The molecule has 1 aromatic carbocycles. The first-order valence-corrected chi connectivity index (χ1v) is 6.73. The second-order valence-electron chi connectivity index (χ2n) is 5.16. The van der Waals surface area contributed by atoms with Gasteiger partial charge >= 0.3 is 0 Å². The minimum absolute atomic E-state index is 0.137. The number of nitrogen functional groups attached to an aromatic ring is 1. The largest absolute Gasteiger partial charge is 0.399 e. The standard InChI is InChI=1S/C16H20N4O/c1-11-9-18-7-6-12(11)10-19-16(21)14-8-13(17)4-5-15(14)20(2)3/h4-9H,10,17H2,1-3H3,(H,19,21). The van der Waals surface area contributed by atoms with Crippen LogP contribution in [0.15, 0.2) is 36.7 Å². The Hall–Kier alpha value is -2.56. The van der Waals surface area contributed by atoms with E-state index in [1.54, 1.807) is 24.5 Å². The number of nitrogens with zero attached hydrogens (tertiary/aromatic N) is 2. The molecule has 0 bridgehead atoms. The lowest BCUT2D eigenvalue weighted by atomic mass is 10.1. The second-order valence-corrected chi connectivity index (χ2v) is 5.16. The van der Waals surface area contributed by atoms with Crippen molar-refractivity contribution >= 4 is 17.3 Å². The van der Waals surface area contributed by atoms with Gasteiger partial charge in [0.15, 0.2) is 0 Å². The van der Waals surface area contributed by atoms with Crippen molar-refractivity contribution in [2.75, 3.05) is 24.7 Å². The van der Waals surface area contributed by atoms with Crippen molar-refractivity contribution in [1.82, 2.24) is 10.3 Å². The van der Waals surface area contributed by atoms with Crippen LogP contribution in [-0.4, -0.2) is 25.0 Å². The molecular formula is C16H20N4O. The molecular weight excluding hydrogens is 264 g/mol. The average molecular weight is 284 g/mol. The van der Waals surface area contributed by atoms with E-state index in [2.05, 4.69) is 10.3 Å². The van der Waals surface area contributed by atoms with Gasteiger partial charge < -0.3 is 16.0 Å². The zero-order valence-electron chi connectivity index (χ0n) is 12.6. The molecule has 1 aromatic heterocycles. The summed E-state index contributed by atoms with van der Waals surface area (Å²) in [4.78, 5) is 18.3. The van der Waals surface area contributed by atoms with E-state index in [9.17, 15) is 4.79 Å². The molecule has 0 atom stereocenters. The molecule has 1 heterocycles. The smallest absolute Gasteiger partial charge is 0.253 e. The Morgan fingerprint density at radius 2 is 2.10 bits per heavy atom. The summed E-state index contributed by atoms with van der Waals surface area (Å²) < 4.78 is 0. The van der Waals surface area contributed by atoms with E-state index in [0.29, 0.717) is 17.8 Å². The van der Waals surface area contributed by atoms with Crippen LogP contribution >= 0.6 is 0 Å². The maximum absolute atomic E-state index is 12.4. The Morgan fingerprint density at radius 3 is 2.76 bits per heavy atom. The summed E-state index contributed by atoms with van der Waals surface area (Å²) in [7, 11) is 3.80. The highest BCUT2D eigenvalue weighted by Gasteiger charge is 2.13. The van der Waals surface area contributed by atoms with E-state index in [1.165, 1.54) is 0 Å². The molecule has 0 aliphatic heterocycles. The Kier molecular flexibility index (Phi) is 4.42. The fourth-order valence-corrected chi connectivity index (χ4v) is 2.10. The highest BCUT2D eigenvalue weighted by Crippen LogP contribution is 2.21. The van der Waals surface area contributed by atoms with Gasteiger partial charge in [-0.05, 0) is 42.3 Å². The summed E-state index contributed by atoms with van der Waals surface area (Å²) in [6, 6.07) is 7.24. The summed E-state index contributed by atoms with van der Waals surface area (Å²) >= 11 is 0. The van der Waals surface area contributed by atoms with Crippen molar-refractivity contribution in [3.8, 4) is 0 Å². The van der Waals surface area contributed by atoms with E-state index in [0.717, 1.165) is 16.8 Å². The number of anilines is 2. The number of aryl methyl sites for hydroxylation is 1. The van der Waals surface area contributed by atoms with Crippen LogP contribution in [0.5, 0.6) is 0 Å². The summed E-state index contributed by atoms with van der Waals surface area (Å²) in [6.45, 7) is 2.44. The Bertz CT molecular complexity index is 652. The predicted octanol–water partition coefficient (Wildman–Crippen LogP) is 1.97. The lowest BCUT2D eigenvalue weighted by molar-refractivity contribution is 0.0951. The number of nitrogens with two attached hydrogens (primary N) is 1. The van der Waals surface area contributed by atoms with Crippen molar-refractivity contribution in [1.29, 1.82) is 0 Å². The number of rotatable bonds is 4. The first kappa shape index (κ1) is 14.8. The molecule has 0 fully saturated rings. The van der Waals surface area contributed by atoms with Gasteiger partial charge in [0, 0.05) is 44.4 Å². The molecule has 21 heavy (non-hydrogen) atoms. The predicted molar refractivity (Wildman–Crippen MR) is 85.3 cm³/mol. The number of hydrogen-bond donors (Lipinski definition) is 2. The molecule has 2 aromatic rings. The zero-order valence-corrected chi connectivity index (χ0v) is 12.6. The minimum atomic E-state index is -0.137. The molecule has 0 aliphatic rings. The molecule has 0 saturated carbocycles. The number of carbonyl (C=O) groups is 1. The van der Waals surface area contributed by atoms with Crippen molar-refractivity contribution in [2.45, 2.75) is 13.5 Å². The van der Waals surface area contributed by atoms with Gasteiger partial charge in [0.05, 0.1) is 5.56 Å². The molecule has 1 amide bonds. The fraction of sp³-hybridized carbons (Fsp3) is 0.250. The SMILES string of the molecule is Cc1cnccc1CNC(=O)c1cc(N)ccc1N(C)C. The van der Waals surface area contributed by atoms with Gasteiger partial charge in [0.1, 0.15) is 0 Å². The Morgan fingerprint density at radius 1 is 1.33 bits per heavy atom. The third-order valence-corrected chi connectivity index (χ3v) is 3.32. The van der Waals surface area contributed by atoms with Crippen molar-refractivity contribution in [3.05, 3.63) is 53.3 Å². The number of aromatic nitrogens is 1. The summed E-state index contributed by atoms with van der Waals surface area (Å²) in [5.41, 5.74) is 9.89. The molecule has 5 heteroatoms. The monoisotopic (exact) mass is 284 g/mol. The van der Waals surface area contributed by atoms with E-state index >= 15 is 0 Å². The molecule has 2 rings (SSSR count). The van der Waals surface area contributed by atoms with Gasteiger partial charge in [-0.3, -0.25) is 9.78 Å². The average Bonchev–Trinajstić information content (AvgIpc) is 2.45. The summed E-state index contributed by atoms with van der Waals surface area (Å²) in [5.74, 6) is -0.137. The first-order valence-electron chi connectivity index (χ1n) is 6.73. The van der Waals surface area contributed by atoms with Crippen LogP contribution in [-0.2, 0) is 6.54 Å². The summed E-state index contributed by atoms with van der Waals surface area (Å²) in [5, 5.41) is 2.93. The van der Waals surface area contributed by atoms with E-state index < -0.39 is 0 Å². The van der Waals surface area contributed by atoms with E-state index in [4.69, 9.17) is 5.73 Å². The minimum Gasteiger partial charge on any atom is -0.399 e. The number of nitrogens with one attached hydrogen (secondary N) is 1. The lowest BCUT2D eigenvalue weighted by Gasteiger charge is -2.18.